The Bertz CT molecular complexity index is 664. The number of hydrogen-bond donors (Lipinski definition) is 1. The first kappa shape index (κ1) is 15.8. The molecule has 1 atom stereocenters. The molecule has 0 radical (unpaired) electrons. The van der Waals surface area contributed by atoms with Crippen LogP contribution in [-0.4, -0.2) is 4.92 Å². The Kier molecular flexibility index (Phi) is 5.20. The molecule has 2 aromatic carbocycles. The molecule has 0 bridgehead atoms. The maximum atomic E-state index is 10.9. The number of halogens is 2. The molecule has 110 valence electrons. The normalized spacial score (nSPS) is 12.0. The number of anilines is 1. The monoisotopic (exact) mass is 368 g/mol. The highest BCUT2D eigenvalue weighted by Gasteiger charge is 2.14. The Morgan fingerprint density at radius 3 is 2.71 bits per heavy atom. The van der Waals surface area contributed by atoms with E-state index in [-0.39, 0.29) is 16.7 Å². The predicted molar refractivity (Wildman–Crippen MR) is 88.9 cm³/mol. The topological polar surface area (TPSA) is 55.2 Å². The predicted octanol–water partition coefficient (Wildman–Crippen LogP) is 5.57. The van der Waals surface area contributed by atoms with Gasteiger partial charge in [0.15, 0.2) is 0 Å². The molecule has 2 aromatic rings. The fraction of sp³-hybridized carbons (Fsp3) is 0.200. The van der Waals surface area contributed by atoms with E-state index in [0.29, 0.717) is 5.02 Å². The van der Waals surface area contributed by atoms with Crippen LogP contribution in [0.1, 0.15) is 24.9 Å². The van der Waals surface area contributed by atoms with E-state index in [9.17, 15) is 10.1 Å². The number of nitro benzene ring substituents is 1. The van der Waals surface area contributed by atoms with Gasteiger partial charge in [0, 0.05) is 16.6 Å². The third-order valence-corrected chi connectivity index (χ3v) is 3.96. The molecule has 0 aliphatic heterocycles. The summed E-state index contributed by atoms with van der Waals surface area (Å²) in [4.78, 5) is 10.5. The van der Waals surface area contributed by atoms with Crippen molar-refractivity contribution in [1.82, 2.24) is 0 Å². The maximum Gasteiger partial charge on any atom is 0.269 e. The molecule has 6 heteroatoms. The van der Waals surface area contributed by atoms with Gasteiger partial charge in [-0.3, -0.25) is 10.1 Å². The second kappa shape index (κ2) is 6.91. The zero-order valence-electron chi connectivity index (χ0n) is 11.3. The minimum atomic E-state index is -0.386. The minimum Gasteiger partial charge on any atom is -0.377 e. The minimum absolute atomic E-state index is 0.0384. The molecule has 1 N–H and O–H groups in total. The Labute approximate surface area is 136 Å². The molecule has 0 saturated heterocycles. The molecule has 0 heterocycles. The summed E-state index contributed by atoms with van der Waals surface area (Å²) in [5, 5.41) is 14.8. The average molecular weight is 370 g/mol. The van der Waals surface area contributed by atoms with Gasteiger partial charge >= 0.3 is 0 Å². The number of rotatable bonds is 5. The number of nitrogens with zero attached hydrogens (tertiary/aromatic N) is 1. The average Bonchev–Trinajstić information content (AvgIpc) is 2.46. The maximum absolute atomic E-state index is 10.9. The van der Waals surface area contributed by atoms with E-state index in [1.165, 1.54) is 6.07 Å². The molecule has 0 amide bonds. The van der Waals surface area contributed by atoms with Crippen LogP contribution in [0.5, 0.6) is 0 Å². The summed E-state index contributed by atoms with van der Waals surface area (Å²) in [6.07, 6.45) is 0.785. The Balaban J connectivity index is 2.27. The highest BCUT2D eigenvalue weighted by Crippen LogP contribution is 2.31. The van der Waals surface area contributed by atoms with Crippen molar-refractivity contribution in [3.05, 3.63) is 67.6 Å². The van der Waals surface area contributed by atoms with Crippen molar-refractivity contribution >= 4 is 38.9 Å². The van der Waals surface area contributed by atoms with Gasteiger partial charge in [0.1, 0.15) is 0 Å². The second-order valence-electron chi connectivity index (χ2n) is 4.58. The summed E-state index contributed by atoms with van der Waals surface area (Å²) < 4.78 is 0.904. The van der Waals surface area contributed by atoms with Crippen molar-refractivity contribution in [3.63, 3.8) is 0 Å². The Hall–Kier alpha value is -1.59. The van der Waals surface area contributed by atoms with Crippen LogP contribution in [0.25, 0.3) is 0 Å². The van der Waals surface area contributed by atoms with Gasteiger partial charge < -0.3 is 5.32 Å². The first-order chi connectivity index (χ1) is 10.0. The standard InChI is InChI=1S/C15H14BrClN2O2/c1-2-14(10-4-3-5-12(8-10)19(20)21)18-15-7-6-11(16)9-13(15)17/h3-9,14,18H,2H2,1H3. The fourth-order valence-corrected chi connectivity index (χ4v) is 2.80. The number of nitrogens with one attached hydrogen (secondary N) is 1. The van der Waals surface area contributed by atoms with Gasteiger partial charge in [0.25, 0.3) is 5.69 Å². The van der Waals surface area contributed by atoms with Crippen LogP contribution in [-0.2, 0) is 0 Å². The van der Waals surface area contributed by atoms with Crippen molar-refractivity contribution in [1.29, 1.82) is 0 Å². The number of hydrogen-bond acceptors (Lipinski definition) is 3. The smallest absolute Gasteiger partial charge is 0.269 e. The quantitative estimate of drug-likeness (QED) is 0.553. The molecule has 4 nitrogen and oxygen atoms in total. The first-order valence-electron chi connectivity index (χ1n) is 6.47. The summed E-state index contributed by atoms with van der Waals surface area (Å²) in [6, 6.07) is 12.2. The molecular formula is C15H14BrClN2O2. The first-order valence-corrected chi connectivity index (χ1v) is 7.64. The number of nitro groups is 1. The van der Waals surface area contributed by atoms with Crippen molar-refractivity contribution in [2.24, 2.45) is 0 Å². The van der Waals surface area contributed by atoms with Crippen LogP contribution in [0.2, 0.25) is 5.02 Å². The summed E-state index contributed by atoms with van der Waals surface area (Å²) >= 11 is 9.56. The molecule has 0 saturated carbocycles. The van der Waals surface area contributed by atoms with Crippen LogP contribution in [0.15, 0.2) is 46.9 Å². The zero-order valence-corrected chi connectivity index (χ0v) is 13.7. The van der Waals surface area contributed by atoms with E-state index in [0.717, 1.165) is 22.1 Å². The fourth-order valence-electron chi connectivity index (χ4n) is 2.07. The van der Waals surface area contributed by atoms with Crippen molar-refractivity contribution in [2.45, 2.75) is 19.4 Å². The van der Waals surface area contributed by atoms with Crippen LogP contribution >= 0.6 is 27.5 Å². The van der Waals surface area contributed by atoms with Crippen LogP contribution in [0.4, 0.5) is 11.4 Å². The SMILES string of the molecule is CCC(Nc1ccc(Br)cc1Cl)c1cccc([N+](=O)[O-])c1. The van der Waals surface area contributed by atoms with E-state index in [4.69, 9.17) is 11.6 Å². The lowest BCUT2D eigenvalue weighted by molar-refractivity contribution is -0.384. The summed E-state index contributed by atoms with van der Waals surface area (Å²) in [6.45, 7) is 2.02. The summed E-state index contributed by atoms with van der Waals surface area (Å²) in [5.74, 6) is 0. The van der Waals surface area contributed by atoms with Gasteiger partial charge in [-0.25, -0.2) is 0 Å². The highest BCUT2D eigenvalue weighted by atomic mass is 79.9. The molecule has 0 aliphatic carbocycles. The molecule has 0 spiro atoms. The van der Waals surface area contributed by atoms with Crippen LogP contribution in [0, 0.1) is 10.1 Å². The largest absolute Gasteiger partial charge is 0.377 e. The molecule has 0 aromatic heterocycles. The highest BCUT2D eigenvalue weighted by molar-refractivity contribution is 9.10. The Morgan fingerprint density at radius 1 is 1.33 bits per heavy atom. The van der Waals surface area contributed by atoms with E-state index < -0.39 is 0 Å². The molecule has 0 fully saturated rings. The van der Waals surface area contributed by atoms with E-state index in [1.54, 1.807) is 12.1 Å². The van der Waals surface area contributed by atoms with E-state index in [2.05, 4.69) is 21.2 Å². The van der Waals surface area contributed by atoms with E-state index >= 15 is 0 Å². The van der Waals surface area contributed by atoms with Gasteiger partial charge in [0.05, 0.1) is 21.7 Å². The lowest BCUT2D eigenvalue weighted by atomic mass is 10.0. The number of benzene rings is 2. The second-order valence-corrected chi connectivity index (χ2v) is 5.90. The number of non-ortho nitro benzene ring substituents is 1. The molecule has 0 aliphatic rings. The lowest BCUT2D eigenvalue weighted by Gasteiger charge is -2.19. The van der Waals surface area contributed by atoms with Gasteiger partial charge in [-0.1, -0.05) is 46.6 Å². The third-order valence-electron chi connectivity index (χ3n) is 3.15. The van der Waals surface area contributed by atoms with Gasteiger partial charge in [-0.05, 0) is 30.2 Å². The summed E-state index contributed by atoms with van der Waals surface area (Å²) in [7, 11) is 0. The van der Waals surface area contributed by atoms with Crippen molar-refractivity contribution < 1.29 is 4.92 Å². The molecule has 2 rings (SSSR count). The zero-order chi connectivity index (χ0) is 15.4. The van der Waals surface area contributed by atoms with E-state index in [1.807, 2.05) is 31.2 Å². The van der Waals surface area contributed by atoms with Gasteiger partial charge in [-0.2, -0.15) is 0 Å². The van der Waals surface area contributed by atoms with Gasteiger partial charge in [0.2, 0.25) is 0 Å². The molecular weight excluding hydrogens is 356 g/mol. The van der Waals surface area contributed by atoms with Crippen LogP contribution in [0.3, 0.4) is 0 Å². The van der Waals surface area contributed by atoms with Gasteiger partial charge in [-0.15, -0.1) is 0 Å². The van der Waals surface area contributed by atoms with Crippen molar-refractivity contribution in [2.75, 3.05) is 5.32 Å². The summed E-state index contributed by atoms with van der Waals surface area (Å²) in [5.41, 5.74) is 1.76. The van der Waals surface area contributed by atoms with Crippen molar-refractivity contribution in [3.8, 4) is 0 Å². The molecule has 1 unspecified atom stereocenters. The molecule has 21 heavy (non-hydrogen) atoms. The third kappa shape index (κ3) is 3.95. The van der Waals surface area contributed by atoms with Crippen LogP contribution < -0.4 is 5.32 Å². The lowest BCUT2D eigenvalue weighted by Crippen LogP contribution is -2.10. The Morgan fingerprint density at radius 2 is 2.10 bits per heavy atom.